The average Bonchev–Trinajstić information content (AvgIpc) is 2.39. The highest BCUT2D eigenvalue weighted by molar-refractivity contribution is 7.92. The van der Waals surface area contributed by atoms with Crippen LogP contribution in [0, 0.1) is 0 Å². The Hall–Kier alpha value is -1.24. The Morgan fingerprint density at radius 1 is 1.43 bits per heavy atom. The van der Waals surface area contributed by atoms with E-state index in [0.717, 1.165) is 10.6 Å². The van der Waals surface area contributed by atoms with Crippen LogP contribution < -0.4 is 9.62 Å². The molecule has 0 aliphatic carbocycles. The summed E-state index contributed by atoms with van der Waals surface area (Å²) >= 11 is 11.9. The number of rotatable bonds is 7. The lowest BCUT2D eigenvalue weighted by molar-refractivity contribution is -0.120. The Morgan fingerprint density at radius 3 is 2.67 bits per heavy atom. The van der Waals surface area contributed by atoms with Gasteiger partial charge in [0.2, 0.25) is 15.9 Å². The zero-order valence-corrected chi connectivity index (χ0v) is 13.8. The van der Waals surface area contributed by atoms with Crippen LogP contribution in [0.15, 0.2) is 30.9 Å². The molecule has 0 bridgehead atoms. The third-order valence-corrected chi connectivity index (χ3v) is 4.30. The normalized spacial score (nSPS) is 11.0. The Balaban J connectivity index is 2.95. The smallest absolute Gasteiger partial charge is 0.232 e. The summed E-state index contributed by atoms with van der Waals surface area (Å²) in [4.78, 5) is 11.6. The van der Waals surface area contributed by atoms with Gasteiger partial charge in [-0.25, -0.2) is 8.42 Å². The molecule has 21 heavy (non-hydrogen) atoms. The lowest BCUT2D eigenvalue weighted by atomic mass is 10.3. The standard InChI is InChI=1S/C13H16Cl2N2O3S/c1-3-7-16-13(18)6-8-17(21(2,19)20)12-9-10(14)4-5-11(12)15/h3-5,9H,1,6-8H2,2H3,(H,16,18). The van der Waals surface area contributed by atoms with Gasteiger partial charge in [-0.3, -0.25) is 9.10 Å². The van der Waals surface area contributed by atoms with Gasteiger partial charge in [0.05, 0.1) is 17.0 Å². The van der Waals surface area contributed by atoms with Crippen LogP contribution in [0.1, 0.15) is 6.42 Å². The van der Waals surface area contributed by atoms with E-state index >= 15 is 0 Å². The van der Waals surface area contributed by atoms with E-state index in [-0.39, 0.29) is 29.6 Å². The van der Waals surface area contributed by atoms with Crippen molar-refractivity contribution in [3.63, 3.8) is 0 Å². The fraction of sp³-hybridized carbons (Fsp3) is 0.308. The van der Waals surface area contributed by atoms with Crippen molar-refractivity contribution < 1.29 is 13.2 Å². The van der Waals surface area contributed by atoms with Crippen molar-refractivity contribution in [1.29, 1.82) is 0 Å². The zero-order valence-electron chi connectivity index (χ0n) is 11.5. The number of hydrogen-bond donors (Lipinski definition) is 1. The van der Waals surface area contributed by atoms with E-state index < -0.39 is 10.0 Å². The monoisotopic (exact) mass is 350 g/mol. The summed E-state index contributed by atoms with van der Waals surface area (Å²) in [5.74, 6) is -0.276. The minimum absolute atomic E-state index is 0.00372. The maximum absolute atomic E-state index is 11.9. The fourth-order valence-electron chi connectivity index (χ4n) is 1.62. The second kappa shape index (κ2) is 7.68. The molecule has 0 aliphatic rings. The van der Waals surface area contributed by atoms with E-state index in [1.54, 1.807) is 12.1 Å². The van der Waals surface area contributed by atoms with E-state index in [2.05, 4.69) is 11.9 Å². The van der Waals surface area contributed by atoms with E-state index in [4.69, 9.17) is 23.2 Å². The van der Waals surface area contributed by atoms with E-state index in [1.807, 2.05) is 0 Å². The van der Waals surface area contributed by atoms with Crippen LogP contribution in [0.3, 0.4) is 0 Å². The van der Waals surface area contributed by atoms with Crippen LogP contribution >= 0.6 is 23.2 Å². The number of anilines is 1. The lowest BCUT2D eigenvalue weighted by Gasteiger charge is -2.23. The van der Waals surface area contributed by atoms with Crippen molar-refractivity contribution in [2.45, 2.75) is 6.42 Å². The highest BCUT2D eigenvalue weighted by Crippen LogP contribution is 2.30. The lowest BCUT2D eigenvalue weighted by Crippen LogP contribution is -2.34. The van der Waals surface area contributed by atoms with Gasteiger partial charge < -0.3 is 5.32 Å². The molecule has 5 nitrogen and oxygen atoms in total. The number of sulfonamides is 1. The van der Waals surface area contributed by atoms with E-state index in [1.165, 1.54) is 12.1 Å². The summed E-state index contributed by atoms with van der Waals surface area (Å²) in [5, 5.41) is 3.19. The zero-order chi connectivity index (χ0) is 16.0. The molecule has 0 atom stereocenters. The molecule has 0 unspecified atom stereocenters. The van der Waals surface area contributed by atoms with Gasteiger partial charge >= 0.3 is 0 Å². The van der Waals surface area contributed by atoms with Gasteiger partial charge in [0.15, 0.2) is 0 Å². The van der Waals surface area contributed by atoms with Gasteiger partial charge in [0.1, 0.15) is 0 Å². The molecule has 8 heteroatoms. The Morgan fingerprint density at radius 2 is 2.10 bits per heavy atom. The number of hydrogen-bond acceptors (Lipinski definition) is 3. The number of benzene rings is 1. The predicted octanol–water partition coefficient (Wildman–Crippen LogP) is 2.45. The van der Waals surface area contributed by atoms with Gasteiger partial charge in [-0.2, -0.15) is 0 Å². The number of halogens is 2. The molecule has 116 valence electrons. The van der Waals surface area contributed by atoms with Gasteiger partial charge in [0, 0.05) is 24.5 Å². The minimum Gasteiger partial charge on any atom is -0.353 e. The fourth-order valence-corrected chi connectivity index (χ4v) is 2.99. The molecule has 0 saturated heterocycles. The van der Waals surface area contributed by atoms with Crippen molar-refractivity contribution in [1.82, 2.24) is 5.32 Å². The van der Waals surface area contributed by atoms with E-state index in [9.17, 15) is 13.2 Å². The molecule has 1 rings (SSSR count). The van der Waals surface area contributed by atoms with Crippen molar-refractivity contribution in [2.24, 2.45) is 0 Å². The second-order valence-electron chi connectivity index (χ2n) is 4.27. The second-order valence-corrected chi connectivity index (χ2v) is 7.02. The van der Waals surface area contributed by atoms with Crippen molar-refractivity contribution in [2.75, 3.05) is 23.7 Å². The highest BCUT2D eigenvalue weighted by Gasteiger charge is 2.21. The predicted molar refractivity (Wildman–Crippen MR) is 86.5 cm³/mol. The molecule has 0 fully saturated rings. The largest absolute Gasteiger partial charge is 0.353 e. The SMILES string of the molecule is C=CCNC(=O)CCN(c1cc(Cl)ccc1Cl)S(C)(=O)=O. The van der Waals surface area contributed by atoms with Gasteiger partial charge in [0.25, 0.3) is 0 Å². The molecule has 0 aliphatic heterocycles. The highest BCUT2D eigenvalue weighted by atomic mass is 35.5. The molecule has 0 aromatic heterocycles. The topological polar surface area (TPSA) is 66.5 Å². The first-order chi connectivity index (χ1) is 9.75. The number of nitrogens with one attached hydrogen (secondary N) is 1. The van der Waals surface area contributed by atoms with E-state index in [0.29, 0.717) is 11.6 Å². The number of carbonyl (C=O) groups is 1. The number of amides is 1. The minimum atomic E-state index is -3.58. The quantitative estimate of drug-likeness (QED) is 0.768. The summed E-state index contributed by atoms with van der Waals surface area (Å²) in [6.45, 7) is 3.79. The molecule has 1 amide bonds. The van der Waals surface area contributed by atoms with Gasteiger partial charge in [-0.15, -0.1) is 6.58 Å². The number of nitrogens with zero attached hydrogens (tertiary/aromatic N) is 1. The molecule has 0 saturated carbocycles. The van der Waals surface area contributed by atoms with Crippen LogP contribution in [0.5, 0.6) is 0 Å². The maximum atomic E-state index is 11.9. The first-order valence-corrected chi connectivity index (χ1v) is 8.66. The molecular weight excluding hydrogens is 335 g/mol. The Kier molecular flexibility index (Phi) is 6.51. The van der Waals surface area contributed by atoms with Crippen molar-refractivity contribution >= 4 is 44.8 Å². The number of carbonyl (C=O) groups excluding carboxylic acids is 1. The molecule has 0 radical (unpaired) electrons. The molecule has 1 aromatic carbocycles. The van der Waals surface area contributed by atoms with Gasteiger partial charge in [-0.1, -0.05) is 29.3 Å². The van der Waals surface area contributed by atoms with Crippen LogP contribution in [0.25, 0.3) is 0 Å². The molecule has 1 aromatic rings. The third kappa shape index (κ3) is 5.57. The summed E-state index contributed by atoms with van der Waals surface area (Å²) in [6.07, 6.45) is 2.59. The van der Waals surface area contributed by atoms with Gasteiger partial charge in [-0.05, 0) is 18.2 Å². The van der Waals surface area contributed by atoms with Crippen LogP contribution in [0.4, 0.5) is 5.69 Å². The molecule has 1 N–H and O–H groups in total. The molecular formula is C13H16Cl2N2O3S. The summed E-state index contributed by atoms with van der Waals surface area (Å²) < 4.78 is 24.9. The maximum Gasteiger partial charge on any atom is 0.232 e. The van der Waals surface area contributed by atoms with Crippen LogP contribution in [-0.2, 0) is 14.8 Å². The Bertz CT molecular complexity index is 632. The molecule has 0 heterocycles. The summed E-state index contributed by atoms with van der Waals surface area (Å²) in [5.41, 5.74) is 0.253. The van der Waals surface area contributed by atoms with Crippen molar-refractivity contribution in [3.8, 4) is 0 Å². The average molecular weight is 351 g/mol. The van der Waals surface area contributed by atoms with Crippen LogP contribution in [-0.4, -0.2) is 33.7 Å². The third-order valence-electron chi connectivity index (χ3n) is 2.56. The summed E-state index contributed by atoms with van der Waals surface area (Å²) in [7, 11) is -3.58. The van der Waals surface area contributed by atoms with Crippen molar-refractivity contribution in [3.05, 3.63) is 40.9 Å². The Labute approximate surface area is 134 Å². The molecule has 0 spiro atoms. The first-order valence-electron chi connectivity index (χ1n) is 6.06. The summed E-state index contributed by atoms with van der Waals surface area (Å²) in [6, 6.07) is 4.52. The first kappa shape index (κ1) is 17.8. The van der Waals surface area contributed by atoms with Crippen LogP contribution in [0.2, 0.25) is 10.0 Å².